The first-order valence-electron chi connectivity index (χ1n) is 12.2. The summed E-state index contributed by atoms with van der Waals surface area (Å²) in [5, 5.41) is 0. The maximum atomic E-state index is 12.2. The maximum Gasteiger partial charge on any atom is 0.302 e. The summed E-state index contributed by atoms with van der Waals surface area (Å²) < 4.78 is 6.08. The number of ether oxygens (including phenoxy) is 1. The summed E-state index contributed by atoms with van der Waals surface area (Å²) in [5.74, 6) is 1.76. The highest BCUT2D eigenvalue weighted by atomic mass is 16.5. The molecule has 0 amide bonds. The van der Waals surface area contributed by atoms with Crippen LogP contribution >= 0.6 is 0 Å². The van der Waals surface area contributed by atoms with Crippen molar-refractivity contribution in [2.24, 2.45) is 39.4 Å². The van der Waals surface area contributed by atoms with Crippen LogP contribution in [0.3, 0.4) is 0 Å². The Bertz CT molecular complexity index is 779. The van der Waals surface area contributed by atoms with Crippen molar-refractivity contribution in [3.05, 3.63) is 11.6 Å². The molecule has 0 radical (unpaired) electrons. The van der Waals surface area contributed by atoms with E-state index in [1.54, 1.807) is 13.8 Å². The SMILES string of the molecule is CC(=O)O[C@H]1C[C@H]2[C@@](C)(CC[C@H]3C(C)(C)CCC[C@]23C)[C@@H]2CC=C(C(C)=O)C[C@]21C. The molecular formula is C27H42O3. The quantitative estimate of drug-likeness (QED) is 0.484. The average Bonchev–Trinajstić information content (AvgIpc) is 2.61. The minimum absolute atomic E-state index is 0.0956. The molecule has 3 fully saturated rings. The Kier molecular flexibility index (Phi) is 5.11. The van der Waals surface area contributed by atoms with Crippen LogP contribution in [0.2, 0.25) is 0 Å². The highest BCUT2D eigenvalue weighted by Gasteiger charge is 2.67. The number of carbonyl (C=O) groups excluding carboxylic acids is 2. The van der Waals surface area contributed by atoms with Crippen molar-refractivity contribution in [2.45, 2.75) is 106 Å². The first kappa shape index (κ1) is 22.1. The van der Waals surface area contributed by atoms with Gasteiger partial charge in [-0.25, -0.2) is 0 Å². The fourth-order valence-electron chi connectivity index (χ4n) is 9.27. The largest absolute Gasteiger partial charge is 0.462 e. The van der Waals surface area contributed by atoms with Crippen molar-refractivity contribution in [3.63, 3.8) is 0 Å². The molecule has 7 atom stereocenters. The van der Waals surface area contributed by atoms with Gasteiger partial charge >= 0.3 is 5.97 Å². The third-order valence-corrected chi connectivity index (χ3v) is 10.5. The van der Waals surface area contributed by atoms with Gasteiger partial charge in [0.05, 0.1) is 0 Å². The van der Waals surface area contributed by atoms with Gasteiger partial charge in [0.25, 0.3) is 0 Å². The lowest BCUT2D eigenvalue weighted by molar-refractivity contribution is -0.231. The Hall–Kier alpha value is -1.12. The van der Waals surface area contributed by atoms with Gasteiger partial charge in [0.1, 0.15) is 6.10 Å². The Morgan fingerprint density at radius 3 is 2.20 bits per heavy atom. The Morgan fingerprint density at radius 1 is 0.900 bits per heavy atom. The number of hydrogen-bond donors (Lipinski definition) is 0. The number of Topliss-reactive ketones (excluding diaryl/α,β-unsaturated/α-hetero) is 1. The second-order valence-electron chi connectivity index (χ2n) is 12.6. The molecule has 0 aromatic heterocycles. The molecule has 0 spiro atoms. The number of fused-ring (bicyclic) bond motifs is 5. The van der Waals surface area contributed by atoms with Crippen LogP contribution in [0.15, 0.2) is 11.6 Å². The molecule has 3 heteroatoms. The minimum Gasteiger partial charge on any atom is -0.462 e. The Morgan fingerprint density at radius 2 is 1.57 bits per heavy atom. The van der Waals surface area contributed by atoms with Crippen molar-refractivity contribution in [1.82, 2.24) is 0 Å². The fourth-order valence-corrected chi connectivity index (χ4v) is 9.27. The van der Waals surface area contributed by atoms with Crippen LogP contribution in [0.5, 0.6) is 0 Å². The molecule has 4 aliphatic rings. The van der Waals surface area contributed by atoms with E-state index in [2.05, 4.69) is 40.7 Å². The van der Waals surface area contributed by atoms with Gasteiger partial charge in [-0.1, -0.05) is 47.1 Å². The molecule has 3 saturated carbocycles. The van der Waals surface area contributed by atoms with Crippen LogP contribution < -0.4 is 0 Å². The number of hydrogen-bond acceptors (Lipinski definition) is 3. The molecule has 168 valence electrons. The van der Waals surface area contributed by atoms with Crippen LogP contribution in [0.25, 0.3) is 0 Å². The second-order valence-corrected chi connectivity index (χ2v) is 12.6. The maximum absolute atomic E-state index is 12.2. The van der Waals surface area contributed by atoms with Gasteiger partial charge in [0.15, 0.2) is 5.78 Å². The monoisotopic (exact) mass is 414 g/mol. The van der Waals surface area contributed by atoms with Gasteiger partial charge in [-0.05, 0) is 91.4 Å². The highest BCUT2D eigenvalue weighted by Crippen LogP contribution is 2.72. The molecule has 0 N–H and O–H groups in total. The van der Waals surface area contributed by atoms with E-state index < -0.39 is 0 Å². The van der Waals surface area contributed by atoms with Crippen LogP contribution in [-0.2, 0) is 14.3 Å². The summed E-state index contributed by atoms with van der Waals surface area (Å²) in [6, 6.07) is 0. The summed E-state index contributed by atoms with van der Waals surface area (Å²) in [6.45, 7) is 15.6. The molecule has 0 unspecified atom stereocenters. The third-order valence-electron chi connectivity index (χ3n) is 10.5. The van der Waals surface area contributed by atoms with E-state index in [-0.39, 0.29) is 28.7 Å². The molecule has 0 aromatic rings. The Balaban J connectivity index is 1.80. The van der Waals surface area contributed by atoms with E-state index in [1.807, 2.05) is 0 Å². The normalized spacial score (nSPS) is 47.2. The summed E-state index contributed by atoms with van der Waals surface area (Å²) in [5.41, 5.74) is 1.72. The van der Waals surface area contributed by atoms with Crippen LogP contribution in [0, 0.1) is 39.4 Å². The molecule has 0 saturated heterocycles. The first-order valence-corrected chi connectivity index (χ1v) is 12.2. The number of carbonyl (C=O) groups is 2. The molecular weight excluding hydrogens is 372 g/mol. The van der Waals surface area contributed by atoms with E-state index in [0.29, 0.717) is 22.7 Å². The number of allylic oxidation sites excluding steroid dienone is 2. The van der Waals surface area contributed by atoms with Crippen LogP contribution in [0.4, 0.5) is 0 Å². The van der Waals surface area contributed by atoms with E-state index in [0.717, 1.165) is 30.8 Å². The number of esters is 1. The topological polar surface area (TPSA) is 43.4 Å². The molecule has 0 aliphatic heterocycles. The van der Waals surface area contributed by atoms with E-state index in [9.17, 15) is 9.59 Å². The average molecular weight is 415 g/mol. The molecule has 0 heterocycles. The summed E-state index contributed by atoms with van der Waals surface area (Å²) in [7, 11) is 0. The van der Waals surface area contributed by atoms with Crippen molar-refractivity contribution < 1.29 is 14.3 Å². The lowest BCUT2D eigenvalue weighted by Gasteiger charge is -2.70. The fraction of sp³-hybridized carbons (Fsp3) is 0.852. The highest BCUT2D eigenvalue weighted by molar-refractivity contribution is 5.93. The van der Waals surface area contributed by atoms with E-state index >= 15 is 0 Å². The molecule has 4 aliphatic carbocycles. The number of rotatable bonds is 2. The van der Waals surface area contributed by atoms with Gasteiger partial charge in [-0.2, -0.15) is 0 Å². The molecule has 30 heavy (non-hydrogen) atoms. The third kappa shape index (κ3) is 3.05. The van der Waals surface area contributed by atoms with Crippen molar-refractivity contribution >= 4 is 11.8 Å². The van der Waals surface area contributed by atoms with E-state index in [4.69, 9.17) is 4.74 Å². The van der Waals surface area contributed by atoms with E-state index in [1.165, 1.54) is 32.1 Å². The molecule has 0 bridgehead atoms. The zero-order valence-electron chi connectivity index (χ0n) is 20.3. The zero-order chi connectivity index (χ0) is 22.1. The Labute approximate surface area is 183 Å². The zero-order valence-corrected chi connectivity index (χ0v) is 20.3. The van der Waals surface area contributed by atoms with Gasteiger partial charge in [0, 0.05) is 12.3 Å². The predicted molar refractivity (Wildman–Crippen MR) is 120 cm³/mol. The van der Waals surface area contributed by atoms with Crippen molar-refractivity contribution in [2.75, 3.05) is 0 Å². The van der Waals surface area contributed by atoms with Gasteiger partial charge in [0.2, 0.25) is 0 Å². The standard InChI is InChI=1S/C27H42O3/c1-17(28)19-9-10-21-26(6)14-11-20-24(3,4)12-8-13-25(20,5)22(26)15-23(30-18(2)29)27(21,7)16-19/h9,20-23H,8,10-16H2,1-7H3/t20-,21-,22+,23-,25-,26-,27+/m0/s1. The van der Waals surface area contributed by atoms with Gasteiger partial charge in [-0.3, -0.25) is 9.59 Å². The summed E-state index contributed by atoms with van der Waals surface area (Å²) in [4.78, 5) is 24.4. The summed E-state index contributed by atoms with van der Waals surface area (Å²) >= 11 is 0. The van der Waals surface area contributed by atoms with Gasteiger partial charge < -0.3 is 4.74 Å². The summed E-state index contributed by atoms with van der Waals surface area (Å²) in [6.07, 6.45) is 11.3. The lowest BCUT2D eigenvalue weighted by atomic mass is 9.35. The first-order chi connectivity index (χ1) is 13.8. The van der Waals surface area contributed by atoms with Gasteiger partial charge in [-0.15, -0.1) is 0 Å². The minimum atomic E-state index is -0.177. The number of ketones is 1. The van der Waals surface area contributed by atoms with Crippen LogP contribution in [-0.4, -0.2) is 17.9 Å². The lowest BCUT2D eigenvalue weighted by Crippen LogP contribution is -2.65. The molecule has 0 aromatic carbocycles. The second kappa shape index (κ2) is 6.94. The van der Waals surface area contributed by atoms with Crippen molar-refractivity contribution in [1.29, 1.82) is 0 Å². The van der Waals surface area contributed by atoms with Crippen molar-refractivity contribution in [3.8, 4) is 0 Å². The smallest absolute Gasteiger partial charge is 0.302 e. The van der Waals surface area contributed by atoms with Crippen LogP contribution in [0.1, 0.15) is 99.8 Å². The molecule has 3 nitrogen and oxygen atoms in total. The molecule has 4 rings (SSSR count). The predicted octanol–water partition coefficient (Wildman–Crippen LogP) is 6.50.